The number of benzene rings is 1. The van der Waals surface area contributed by atoms with Crippen LogP contribution in [-0.4, -0.2) is 27.5 Å². The zero-order valence-corrected chi connectivity index (χ0v) is 19.5. The molecule has 6 nitrogen and oxygen atoms in total. The van der Waals surface area contributed by atoms with E-state index in [-0.39, 0.29) is 59.1 Å². The van der Waals surface area contributed by atoms with E-state index in [0.717, 1.165) is 17.4 Å². The van der Waals surface area contributed by atoms with Crippen LogP contribution in [0.2, 0.25) is 0 Å². The number of aryl methyl sites for hydroxylation is 1. The van der Waals surface area contributed by atoms with E-state index in [4.69, 9.17) is 4.74 Å². The molecule has 36 heavy (non-hydrogen) atoms. The minimum atomic E-state index is -4.80. The largest absolute Gasteiger partial charge is 0.439 e. The average Bonchev–Trinajstić information content (AvgIpc) is 3.38. The highest BCUT2D eigenvalue weighted by Crippen LogP contribution is 2.46. The predicted octanol–water partition coefficient (Wildman–Crippen LogP) is 6.59. The molecule has 3 aromatic rings. The van der Waals surface area contributed by atoms with Crippen LogP contribution in [0.5, 0.6) is 0 Å². The van der Waals surface area contributed by atoms with Crippen molar-refractivity contribution in [2.75, 3.05) is 0 Å². The Balaban J connectivity index is 1.48. The molecule has 0 spiro atoms. The molecular formula is C22H20F7N3O3S. The van der Waals surface area contributed by atoms with Crippen molar-refractivity contribution in [1.82, 2.24) is 15.1 Å². The summed E-state index contributed by atoms with van der Waals surface area (Å²) in [6, 6.07) is 3.50. The summed E-state index contributed by atoms with van der Waals surface area (Å²) in [4.78, 5) is 17.3. The van der Waals surface area contributed by atoms with Crippen LogP contribution in [0.1, 0.15) is 58.8 Å². The number of halogens is 7. The lowest BCUT2D eigenvalue weighted by Crippen LogP contribution is -2.27. The summed E-state index contributed by atoms with van der Waals surface area (Å²) in [5.74, 6) is -3.67. The Morgan fingerprint density at radius 1 is 1.17 bits per heavy atom. The van der Waals surface area contributed by atoms with Crippen LogP contribution in [-0.2, 0) is 11.3 Å². The highest BCUT2D eigenvalue weighted by atomic mass is 32.1. The first kappa shape index (κ1) is 26.3. The summed E-state index contributed by atoms with van der Waals surface area (Å²) in [5.41, 5.74) is 0.0798. The Bertz CT molecular complexity index is 1260. The van der Waals surface area contributed by atoms with Gasteiger partial charge in [-0.15, -0.1) is 11.3 Å². The summed E-state index contributed by atoms with van der Waals surface area (Å²) < 4.78 is 104. The van der Waals surface area contributed by atoms with Crippen molar-refractivity contribution >= 4 is 11.3 Å². The molecular weight excluding hydrogens is 519 g/mol. The normalized spacial score (nSPS) is 20.0. The average molecular weight is 539 g/mol. The second-order valence-electron chi connectivity index (χ2n) is 8.58. The molecule has 2 aromatic heterocycles. The number of alkyl halides is 6. The molecule has 1 aromatic carbocycles. The fraction of sp³-hybridized carbons (Fsp3) is 0.500. The van der Waals surface area contributed by atoms with Crippen LogP contribution in [0.15, 0.2) is 27.5 Å². The number of hydrogen-bond donors (Lipinski definition) is 1. The van der Waals surface area contributed by atoms with Crippen molar-refractivity contribution in [3.05, 3.63) is 55.7 Å². The quantitative estimate of drug-likeness (QED) is 0.358. The number of aromatic amines is 1. The first-order chi connectivity index (χ1) is 16.8. The van der Waals surface area contributed by atoms with Gasteiger partial charge < -0.3 is 4.74 Å². The minimum Gasteiger partial charge on any atom is -0.358 e. The van der Waals surface area contributed by atoms with Gasteiger partial charge in [0.2, 0.25) is 0 Å². The van der Waals surface area contributed by atoms with E-state index in [9.17, 15) is 35.5 Å². The second-order valence-corrected chi connectivity index (χ2v) is 9.64. The van der Waals surface area contributed by atoms with Gasteiger partial charge in [0.15, 0.2) is 11.9 Å². The van der Waals surface area contributed by atoms with Gasteiger partial charge in [-0.2, -0.15) is 26.3 Å². The van der Waals surface area contributed by atoms with Crippen LogP contribution in [0.25, 0.3) is 11.4 Å². The molecule has 0 radical (unpaired) electrons. The Labute approximate surface area is 203 Å². The summed E-state index contributed by atoms with van der Waals surface area (Å²) in [6.07, 6.45) is -11.2. The van der Waals surface area contributed by atoms with Gasteiger partial charge in [-0.05, 0) is 50.3 Å². The molecule has 196 valence electrons. The monoisotopic (exact) mass is 539 g/mol. The number of hydrogen-bond acceptors (Lipinski definition) is 6. The van der Waals surface area contributed by atoms with Gasteiger partial charge >= 0.3 is 18.1 Å². The second kappa shape index (κ2) is 9.96. The number of aromatic nitrogens is 3. The van der Waals surface area contributed by atoms with Crippen molar-refractivity contribution in [1.29, 1.82) is 0 Å². The van der Waals surface area contributed by atoms with Gasteiger partial charge in [0.25, 0.3) is 0 Å². The standard InChI is InChI=1S/C22H20F7N3O3S/c1-10-16(36-19(30-10)12-3-5-13(6-4-12)21(24,25)26)17(22(27,28)29)34-9-11-2-7-14(15(23)8-11)18-31-20(33)35-32-18/h2,7-8,12-13,17H,3-6,9H2,1H3,(H,31,32,33). The Morgan fingerprint density at radius 3 is 2.42 bits per heavy atom. The Morgan fingerprint density at radius 2 is 1.86 bits per heavy atom. The number of nitrogens with one attached hydrogen (secondary N) is 1. The Kier molecular flexibility index (Phi) is 7.28. The lowest BCUT2D eigenvalue weighted by molar-refractivity contribution is -0.226. The van der Waals surface area contributed by atoms with E-state index < -0.39 is 42.6 Å². The van der Waals surface area contributed by atoms with Crippen molar-refractivity contribution < 1.29 is 40.0 Å². The summed E-state index contributed by atoms with van der Waals surface area (Å²) in [7, 11) is 0. The van der Waals surface area contributed by atoms with E-state index in [0.29, 0.717) is 5.01 Å². The predicted molar refractivity (Wildman–Crippen MR) is 114 cm³/mol. The first-order valence-corrected chi connectivity index (χ1v) is 11.7. The molecule has 1 fully saturated rings. The molecule has 2 heterocycles. The summed E-state index contributed by atoms with van der Waals surface area (Å²) >= 11 is 0.786. The van der Waals surface area contributed by atoms with Gasteiger partial charge in [-0.1, -0.05) is 11.2 Å². The number of rotatable bonds is 6. The molecule has 4 rings (SSSR count). The fourth-order valence-electron chi connectivity index (χ4n) is 4.20. The van der Waals surface area contributed by atoms with E-state index in [1.54, 1.807) is 0 Å². The molecule has 1 aliphatic rings. The van der Waals surface area contributed by atoms with Crippen LogP contribution < -0.4 is 5.76 Å². The van der Waals surface area contributed by atoms with Crippen molar-refractivity contribution in [2.24, 2.45) is 5.92 Å². The zero-order chi connectivity index (χ0) is 26.3. The van der Waals surface area contributed by atoms with E-state index >= 15 is 0 Å². The van der Waals surface area contributed by atoms with Crippen LogP contribution in [0, 0.1) is 18.7 Å². The lowest BCUT2D eigenvalue weighted by atomic mass is 9.82. The molecule has 1 N–H and O–H groups in total. The highest BCUT2D eigenvalue weighted by molar-refractivity contribution is 7.11. The van der Waals surface area contributed by atoms with Gasteiger partial charge in [-0.25, -0.2) is 14.2 Å². The molecule has 0 bridgehead atoms. The van der Waals surface area contributed by atoms with Gasteiger partial charge in [0.05, 0.1) is 33.7 Å². The number of nitrogens with zero attached hydrogens (tertiary/aromatic N) is 2. The van der Waals surface area contributed by atoms with Crippen molar-refractivity contribution in [3.8, 4) is 11.4 Å². The fourth-order valence-corrected chi connectivity index (χ4v) is 5.51. The maximum atomic E-state index is 14.4. The maximum absolute atomic E-state index is 14.4. The topological polar surface area (TPSA) is 81.0 Å². The maximum Gasteiger partial charge on any atom is 0.439 e. The molecule has 1 atom stereocenters. The third-order valence-electron chi connectivity index (χ3n) is 6.07. The van der Waals surface area contributed by atoms with Crippen molar-refractivity contribution in [2.45, 2.75) is 63.6 Å². The molecule has 1 aliphatic carbocycles. The smallest absolute Gasteiger partial charge is 0.358 e. The molecule has 1 saturated carbocycles. The number of H-pyrrole nitrogens is 1. The van der Waals surface area contributed by atoms with Gasteiger partial charge in [-0.3, -0.25) is 9.51 Å². The lowest BCUT2D eigenvalue weighted by Gasteiger charge is -2.28. The molecule has 0 saturated heterocycles. The van der Waals surface area contributed by atoms with Crippen LogP contribution in [0.3, 0.4) is 0 Å². The van der Waals surface area contributed by atoms with Crippen LogP contribution in [0.4, 0.5) is 30.7 Å². The summed E-state index contributed by atoms with van der Waals surface area (Å²) in [5, 5.41) is 3.72. The number of thiazole rings is 1. The molecule has 0 aliphatic heterocycles. The van der Waals surface area contributed by atoms with Crippen molar-refractivity contribution in [3.63, 3.8) is 0 Å². The highest BCUT2D eigenvalue weighted by Gasteiger charge is 2.45. The number of ether oxygens (including phenoxy) is 1. The molecule has 14 heteroatoms. The third-order valence-corrected chi connectivity index (χ3v) is 7.43. The zero-order valence-electron chi connectivity index (χ0n) is 18.7. The van der Waals surface area contributed by atoms with Gasteiger partial charge in [0, 0.05) is 5.92 Å². The Hall–Kier alpha value is -2.74. The third kappa shape index (κ3) is 5.80. The molecule has 1 unspecified atom stereocenters. The van der Waals surface area contributed by atoms with E-state index in [1.165, 1.54) is 19.1 Å². The minimum absolute atomic E-state index is 0.0896. The first-order valence-electron chi connectivity index (χ1n) is 10.9. The van der Waals surface area contributed by atoms with E-state index in [1.807, 2.05) is 0 Å². The van der Waals surface area contributed by atoms with E-state index in [2.05, 4.69) is 19.6 Å². The molecule has 0 amide bonds. The summed E-state index contributed by atoms with van der Waals surface area (Å²) in [6.45, 7) is 0.812. The van der Waals surface area contributed by atoms with Gasteiger partial charge in [0.1, 0.15) is 5.82 Å². The SMILES string of the molecule is Cc1nc(C2CCC(C(F)(F)F)CC2)sc1C(OCc1ccc(-c2noc(=O)[nH]2)c(F)c1)C(F)(F)F. The van der Waals surface area contributed by atoms with Crippen LogP contribution >= 0.6 is 11.3 Å².